The van der Waals surface area contributed by atoms with E-state index in [4.69, 9.17) is 27.9 Å². The average Bonchev–Trinajstić information content (AvgIpc) is 3.03. The van der Waals surface area contributed by atoms with E-state index in [2.05, 4.69) is 4.98 Å². The fourth-order valence-electron chi connectivity index (χ4n) is 2.45. The number of hydrogen-bond donors (Lipinski definition) is 0. The van der Waals surface area contributed by atoms with Crippen LogP contribution in [0.4, 0.5) is 0 Å². The molecule has 0 aliphatic carbocycles. The summed E-state index contributed by atoms with van der Waals surface area (Å²) >= 11 is 12.1. The second-order valence-corrected chi connectivity index (χ2v) is 6.05. The molecular formula is C18H14Cl2N2O2. The molecular weight excluding hydrogens is 347 g/mol. The number of carbonyl (C=O) groups excluding carboxylic acids is 1. The molecule has 0 saturated carbocycles. The van der Waals surface area contributed by atoms with E-state index in [1.807, 2.05) is 35.0 Å². The molecule has 3 aromatic rings. The molecule has 0 atom stereocenters. The lowest BCUT2D eigenvalue weighted by Crippen LogP contribution is -2.08. The molecule has 0 aliphatic rings. The van der Waals surface area contributed by atoms with Crippen molar-refractivity contribution in [3.63, 3.8) is 0 Å². The summed E-state index contributed by atoms with van der Waals surface area (Å²) in [4.78, 5) is 16.2. The zero-order chi connectivity index (χ0) is 17.1. The molecule has 0 aliphatic heterocycles. The minimum atomic E-state index is -0.355. The maximum atomic E-state index is 11.9. The summed E-state index contributed by atoms with van der Waals surface area (Å²) in [5.41, 5.74) is 2.95. The normalized spacial score (nSPS) is 10.6. The van der Waals surface area contributed by atoms with Gasteiger partial charge in [-0.05, 0) is 29.8 Å². The fraction of sp³-hybridized carbons (Fsp3) is 0.111. The Labute approximate surface area is 149 Å². The van der Waals surface area contributed by atoms with Gasteiger partial charge in [-0.15, -0.1) is 0 Å². The average molecular weight is 361 g/mol. The van der Waals surface area contributed by atoms with Gasteiger partial charge >= 0.3 is 5.97 Å². The minimum Gasteiger partial charge on any atom is -0.465 e. The number of ether oxygens (including phenoxy) is 1. The second-order valence-electron chi connectivity index (χ2n) is 5.20. The first-order valence-electron chi connectivity index (χ1n) is 7.22. The maximum absolute atomic E-state index is 11.9. The number of methoxy groups -OCH3 is 1. The van der Waals surface area contributed by atoms with Crippen LogP contribution in [-0.4, -0.2) is 22.6 Å². The highest BCUT2D eigenvalue weighted by Gasteiger charge is 2.12. The molecule has 0 spiro atoms. The van der Waals surface area contributed by atoms with E-state index in [0.717, 1.165) is 16.8 Å². The van der Waals surface area contributed by atoms with Crippen LogP contribution < -0.4 is 0 Å². The second kappa shape index (κ2) is 7.07. The van der Waals surface area contributed by atoms with E-state index in [1.54, 1.807) is 24.5 Å². The minimum absolute atomic E-state index is 0.355. The van der Waals surface area contributed by atoms with Crippen LogP contribution in [-0.2, 0) is 11.3 Å². The summed E-state index contributed by atoms with van der Waals surface area (Å²) in [6.45, 7) is 0.503. The maximum Gasteiger partial charge on any atom is 0.338 e. The number of esters is 1. The molecule has 0 unspecified atom stereocenters. The van der Waals surface area contributed by atoms with Gasteiger partial charge in [-0.3, -0.25) is 0 Å². The molecule has 3 rings (SSSR count). The third-order valence-corrected chi connectivity index (χ3v) is 4.16. The van der Waals surface area contributed by atoms with Crippen LogP contribution in [0.2, 0.25) is 10.0 Å². The van der Waals surface area contributed by atoms with Crippen molar-refractivity contribution in [2.45, 2.75) is 6.54 Å². The summed E-state index contributed by atoms with van der Waals surface area (Å²) in [5.74, 6) is -0.355. The van der Waals surface area contributed by atoms with Gasteiger partial charge in [0, 0.05) is 23.3 Å². The van der Waals surface area contributed by atoms with E-state index < -0.39 is 0 Å². The molecule has 24 heavy (non-hydrogen) atoms. The largest absolute Gasteiger partial charge is 0.465 e. The van der Waals surface area contributed by atoms with Crippen LogP contribution in [0.25, 0.3) is 11.3 Å². The lowest BCUT2D eigenvalue weighted by Gasteiger charge is -2.08. The summed E-state index contributed by atoms with van der Waals surface area (Å²) in [6.07, 6.45) is 3.58. The number of imidazole rings is 1. The van der Waals surface area contributed by atoms with Gasteiger partial charge in [0.15, 0.2) is 0 Å². The van der Waals surface area contributed by atoms with Gasteiger partial charge in [-0.1, -0.05) is 41.4 Å². The lowest BCUT2D eigenvalue weighted by atomic mass is 10.1. The van der Waals surface area contributed by atoms with Crippen molar-refractivity contribution in [1.82, 2.24) is 9.55 Å². The first kappa shape index (κ1) is 16.6. The van der Waals surface area contributed by atoms with E-state index in [9.17, 15) is 4.79 Å². The molecule has 0 radical (unpaired) electrons. The molecule has 6 heteroatoms. The molecule has 2 aromatic carbocycles. The Morgan fingerprint density at radius 2 is 2.00 bits per heavy atom. The number of rotatable bonds is 4. The number of benzene rings is 2. The van der Waals surface area contributed by atoms with E-state index in [-0.39, 0.29) is 5.97 Å². The van der Waals surface area contributed by atoms with E-state index in [0.29, 0.717) is 22.2 Å². The first-order valence-corrected chi connectivity index (χ1v) is 7.97. The van der Waals surface area contributed by atoms with Gasteiger partial charge in [-0.25, -0.2) is 9.78 Å². The highest BCUT2D eigenvalue weighted by Crippen LogP contribution is 2.29. The van der Waals surface area contributed by atoms with Gasteiger partial charge in [-0.2, -0.15) is 0 Å². The zero-order valence-corrected chi connectivity index (χ0v) is 14.4. The van der Waals surface area contributed by atoms with Crippen LogP contribution in [0.5, 0.6) is 0 Å². The van der Waals surface area contributed by atoms with Crippen LogP contribution in [0.3, 0.4) is 0 Å². The number of aromatic nitrogens is 2. The quantitative estimate of drug-likeness (QED) is 0.633. The summed E-state index contributed by atoms with van der Waals surface area (Å²) in [6, 6.07) is 12.6. The van der Waals surface area contributed by atoms with Crippen molar-refractivity contribution in [3.05, 3.63) is 76.2 Å². The Morgan fingerprint density at radius 1 is 1.21 bits per heavy atom. The highest BCUT2D eigenvalue weighted by molar-refractivity contribution is 6.36. The van der Waals surface area contributed by atoms with Gasteiger partial charge < -0.3 is 9.30 Å². The molecule has 4 nitrogen and oxygen atoms in total. The summed E-state index contributed by atoms with van der Waals surface area (Å²) in [7, 11) is 1.37. The molecule has 0 N–H and O–H groups in total. The standard InChI is InChI=1S/C18H14Cl2N2O2/c1-24-18(23)14-5-3-2-4-12(14)9-22-10-17(21-11-22)15-7-6-13(19)8-16(15)20/h2-8,10-11H,9H2,1H3. The number of nitrogens with zero attached hydrogens (tertiary/aromatic N) is 2. The number of halogens is 2. The molecule has 0 bridgehead atoms. The predicted octanol–water partition coefficient (Wildman–Crippen LogP) is 4.69. The molecule has 1 heterocycles. The Morgan fingerprint density at radius 3 is 2.75 bits per heavy atom. The SMILES string of the molecule is COC(=O)c1ccccc1Cn1cnc(-c2ccc(Cl)cc2Cl)c1. The monoisotopic (exact) mass is 360 g/mol. The van der Waals surface area contributed by atoms with Crippen molar-refractivity contribution in [3.8, 4) is 11.3 Å². The van der Waals surface area contributed by atoms with Crippen molar-refractivity contribution in [2.24, 2.45) is 0 Å². The van der Waals surface area contributed by atoms with Crippen molar-refractivity contribution in [1.29, 1.82) is 0 Å². The third-order valence-electron chi connectivity index (χ3n) is 3.62. The zero-order valence-electron chi connectivity index (χ0n) is 12.9. The van der Waals surface area contributed by atoms with Crippen LogP contribution in [0.1, 0.15) is 15.9 Å². The Balaban J connectivity index is 1.89. The van der Waals surface area contributed by atoms with Crippen molar-refractivity contribution in [2.75, 3.05) is 7.11 Å². The Bertz CT molecular complexity index is 890. The van der Waals surface area contributed by atoms with Crippen molar-refractivity contribution < 1.29 is 9.53 Å². The van der Waals surface area contributed by atoms with Crippen LogP contribution >= 0.6 is 23.2 Å². The van der Waals surface area contributed by atoms with Crippen LogP contribution in [0, 0.1) is 0 Å². The Hall–Kier alpha value is -2.30. The molecule has 0 saturated heterocycles. The van der Waals surface area contributed by atoms with Crippen molar-refractivity contribution >= 4 is 29.2 Å². The van der Waals surface area contributed by atoms with Gasteiger partial charge in [0.1, 0.15) is 0 Å². The lowest BCUT2D eigenvalue weighted by molar-refractivity contribution is 0.0599. The highest BCUT2D eigenvalue weighted by atomic mass is 35.5. The predicted molar refractivity (Wildman–Crippen MR) is 94.6 cm³/mol. The summed E-state index contributed by atoms with van der Waals surface area (Å²) < 4.78 is 6.71. The molecule has 122 valence electrons. The van der Waals surface area contributed by atoms with Gasteiger partial charge in [0.25, 0.3) is 0 Å². The molecule has 0 fully saturated rings. The number of carbonyl (C=O) groups is 1. The first-order chi connectivity index (χ1) is 11.6. The van der Waals surface area contributed by atoms with E-state index >= 15 is 0 Å². The molecule has 0 amide bonds. The van der Waals surface area contributed by atoms with E-state index in [1.165, 1.54) is 7.11 Å². The third kappa shape index (κ3) is 3.45. The fourth-order valence-corrected chi connectivity index (χ4v) is 2.95. The number of hydrogen-bond acceptors (Lipinski definition) is 3. The summed E-state index contributed by atoms with van der Waals surface area (Å²) in [5, 5.41) is 1.12. The Kier molecular flexibility index (Phi) is 4.88. The smallest absolute Gasteiger partial charge is 0.338 e. The molecule has 1 aromatic heterocycles. The van der Waals surface area contributed by atoms with Crippen LogP contribution in [0.15, 0.2) is 55.0 Å². The van der Waals surface area contributed by atoms with Gasteiger partial charge in [0.2, 0.25) is 0 Å². The van der Waals surface area contributed by atoms with Gasteiger partial charge in [0.05, 0.1) is 29.7 Å². The topological polar surface area (TPSA) is 44.1 Å².